The molecule has 0 unspecified atom stereocenters. The SMILES string of the molecule is CCOC(=O)c1cnn(C)c1CNCC(=O)NC. The van der Waals surface area contributed by atoms with Gasteiger partial charge in [-0.25, -0.2) is 4.79 Å². The van der Waals surface area contributed by atoms with E-state index in [9.17, 15) is 9.59 Å². The van der Waals surface area contributed by atoms with Crippen molar-refractivity contribution in [2.24, 2.45) is 7.05 Å². The molecule has 0 aliphatic rings. The van der Waals surface area contributed by atoms with E-state index >= 15 is 0 Å². The van der Waals surface area contributed by atoms with Gasteiger partial charge in [-0.1, -0.05) is 0 Å². The van der Waals surface area contributed by atoms with Crippen molar-refractivity contribution in [1.29, 1.82) is 0 Å². The molecule has 0 aliphatic heterocycles. The molecular weight excluding hydrogens is 236 g/mol. The molecule has 1 aromatic heterocycles. The molecule has 0 radical (unpaired) electrons. The monoisotopic (exact) mass is 254 g/mol. The highest BCUT2D eigenvalue weighted by atomic mass is 16.5. The van der Waals surface area contributed by atoms with Gasteiger partial charge in [-0.05, 0) is 6.92 Å². The normalized spacial score (nSPS) is 10.2. The Morgan fingerprint density at radius 1 is 1.50 bits per heavy atom. The fraction of sp³-hybridized carbons (Fsp3) is 0.545. The van der Waals surface area contributed by atoms with Crippen molar-refractivity contribution in [2.45, 2.75) is 13.5 Å². The number of ether oxygens (including phenoxy) is 1. The Hall–Kier alpha value is -1.89. The molecule has 0 spiro atoms. The molecule has 18 heavy (non-hydrogen) atoms. The number of nitrogens with zero attached hydrogens (tertiary/aromatic N) is 2. The van der Waals surface area contributed by atoms with Crippen molar-refractivity contribution in [3.8, 4) is 0 Å². The number of esters is 1. The first-order chi connectivity index (χ1) is 8.60. The number of carbonyl (C=O) groups excluding carboxylic acids is 2. The summed E-state index contributed by atoms with van der Waals surface area (Å²) in [7, 11) is 3.30. The highest BCUT2D eigenvalue weighted by Gasteiger charge is 2.16. The fourth-order valence-corrected chi connectivity index (χ4v) is 1.43. The summed E-state index contributed by atoms with van der Waals surface area (Å²) < 4.78 is 6.52. The highest BCUT2D eigenvalue weighted by Crippen LogP contribution is 2.08. The minimum atomic E-state index is -0.401. The standard InChI is InChI=1S/C11H18N4O3/c1-4-18-11(17)8-5-14-15(3)9(8)6-13-7-10(16)12-2/h5,13H,4,6-7H2,1-3H3,(H,12,16). The molecule has 1 aromatic rings. The molecule has 1 heterocycles. The number of likely N-dealkylation sites (N-methyl/N-ethyl adjacent to an activating group) is 1. The quantitative estimate of drug-likeness (QED) is 0.664. The van der Waals surface area contributed by atoms with Crippen LogP contribution in [0.5, 0.6) is 0 Å². The first kappa shape index (κ1) is 14.2. The number of amides is 1. The predicted octanol–water partition coefficient (Wildman–Crippen LogP) is -0.568. The molecule has 0 aromatic carbocycles. The van der Waals surface area contributed by atoms with E-state index in [1.165, 1.54) is 6.20 Å². The molecule has 0 fully saturated rings. The van der Waals surface area contributed by atoms with Crippen molar-refractivity contribution in [3.63, 3.8) is 0 Å². The molecule has 2 N–H and O–H groups in total. The summed E-state index contributed by atoms with van der Waals surface area (Å²) in [6.45, 7) is 2.62. The third-order valence-electron chi connectivity index (χ3n) is 2.41. The molecule has 0 bridgehead atoms. The van der Waals surface area contributed by atoms with Gasteiger partial charge in [0.25, 0.3) is 0 Å². The van der Waals surface area contributed by atoms with E-state index in [1.54, 1.807) is 25.7 Å². The van der Waals surface area contributed by atoms with Gasteiger partial charge in [0.2, 0.25) is 5.91 Å². The number of hydrogen-bond donors (Lipinski definition) is 2. The molecule has 7 heteroatoms. The van der Waals surface area contributed by atoms with Crippen molar-refractivity contribution >= 4 is 11.9 Å². The van der Waals surface area contributed by atoms with E-state index in [1.807, 2.05) is 0 Å². The molecule has 0 saturated carbocycles. The van der Waals surface area contributed by atoms with Crippen LogP contribution in [0.4, 0.5) is 0 Å². The van der Waals surface area contributed by atoms with Crippen LogP contribution in [0.1, 0.15) is 23.0 Å². The number of carbonyl (C=O) groups is 2. The van der Waals surface area contributed by atoms with Crippen LogP contribution in [-0.2, 0) is 23.1 Å². The topological polar surface area (TPSA) is 85.2 Å². The van der Waals surface area contributed by atoms with E-state index in [-0.39, 0.29) is 12.5 Å². The van der Waals surface area contributed by atoms with Gasteiger partial charge < -0.3 is 15.4 Å². The third-order valence-corrected chi connectivity index (χ3v) is 2.41. The van der Waals surface area contributed by atoms with Crippen molar-refractivity contribution in [3.05, 3.63) is 17.5 Å². The average Bonchev–Trinajstić information content (AvgIpc) is 2.71. The summed E-state index contributed by atoms with van der Waals surface area (Å²) in [5, 5.41) is 9.45. The van der Waals surface area contributed by atoms with Crippen LogP contribution in [0.25, 0.3) is 0 Å². The maximum Gasteiger partial charge on any atom is 0.341 e. The number of nitrogens with one attached hydrogen (secondary N) is 2. The summed E-state index contributed by atoms with van der Waals surface area (Å²) in [5.74, 6) is -0.516. The van der Waals surface area contributed by atoms with Gasteiger partial charge in [0, 0.05) is 20.6 Å². The summed E-state index contributed by atoms with van der Waals surface area (Å²) in [6.07, 6.45) is 1.47. The molecular formula is C11H18N4O3. The zero-order valence-corrected chi connectivity index (χ0v) is 10.8. The van der Waals surface area contributed by atoms with E-state index in [0.717, 1.165) is 0 Å². The van der Waals surface area contributed by atoms with Crippen LogP contribution in [0.3, 0.4) is 0 Å². The molecule has 0 aliphatic carbocycles. The van der Waals surface area contributed by atoms with Gasteiger partial charge in [0.05, 0.1) is 25.0 Å². The Bertz CT molecular complexity index is 428. The Morgan fingerprint density at radius 3 is 2.83 bits per heavy atom. The lowest BCUT2D eigenvalue weighted by atomic mass is 10.2. The van der Waals surface area contributed by atoms with Crippen LogP contribution < -0.4 is 10.6 Å². The number of aryl methyl sites for hydroxylation is 1. The van der Waals surface area contributed by atoms with E-state index in [2.05, 4.69) is 15.7 Å². The third kappa shape index (κ3) is 3.56. The summed E-state index contributed by atoms with van der Waals surface area (Å²) in [4.78, 5) is 22.7. The lowest BCUT2D eigenvalue weighted by Crippen LogP contribution is -2.31. The smallest absolute Gasteiger partial charge is 0.341 e. The zero-order chi connectivity index (χ0) is 13.5. The van der Waals surface area contributed by atoms with Crippen LogP contribution in [-0.4, -0.2) is 41.9 Å². The van der Waals surface area contributed by atoms with Gasteiger partial charge in [0.15, 0.2) is 0 Å². The second-order valence-electron chi connectivity index (χ2n) is 3.63. The Kier molecular flexibility index (Phi) is 5.31. The molecule has 100 valence electrons. The largest absolute Gasteiger partial charge is 0.462 e. The van der Waals surface area contributed by atoms with E-state index < -0.39 is 5.97 Å². The second kappa shape index (κ2) is 6.75. The van der Waals surface area contributed by atoms with Gasteiger partial charge in [-0.2, -0.15) is 5.10 Å². The highest BCUT2D eigenvalue weighted by molar-refractivity contribution is 5.90. The molecule has 7 nitrogen and oxygen atoms in total. The number of rotatable bonds is 6. The molecule has 1 amide bonds. The van der Waals surface area contributed by atoms with Crippen LogP contribution in [0.2, 0.25) is 0 Å². The maximum absolute atomic E-state index is 11.6. The summed E-state index contributed by atoms with van der Waals surface area (Å²) in [6, 6.07) is 0. The first-order valence-corrected chi connectivity index (χ1v) is 5.69. The Labute approximate surface area is 105 Å². The van der Waals surface area contributed by atoms with Crippen LogP contribution in [0, 0.1) is 0 Å². The van der Waals surface area contributed by atoms with Gasteiger partial charge >= 0.3 is 5.97 Å². The first-order valence-electron chi connectivity index (χ1n) is 5.69. The molecule has 0 saturated heterocycles. The van der Waals surface area contributed by atoms with Crippen molar-refractivity contribution in [1.82, 2.24) is 20.4 Å². The zero-order valence-electron chi connectivity index (χ0n) is 10.8. The van der Waals surface area contributed by atoms with Gasteiger partial charge in [-0.15, -0.1) is 0 Å². The predicted molar refractivity (Wildman–Crippen MR) is 64.9 cm³/mol. The minimum Gasteiger partial charge on any atom is -0.462 e. The van der Waals surface area contributed by atoms with Gasteiger partial charge in [0.1, 0.15) is 5.56 Å². The Balaban J connectivity index is 2.66. The summed E-state index contributed by atoms with van der Waals surface area (Å²) >= 11 is 0. The Morgan fingerprint density at radius 2 is 2.22 bits per heavy atom. The second-order valence-corrected chi connectivity index (χ2v) is 3.63. The molecule has 1 rings (SSSR count). The van der Waals surface area contributed by atoms with Crippen LogP contribution >= 0.6 is 0 Å². The number of aromatic nitrogens is 2. The van der Waals surface area contributed by atoms with Crippen LogP contribution in [0.15, 0.2) is 6.20 Å². The minimum absolute atomic E-state index is 0.116. The van der Waals surface area contributed by atoms with Crippen molar-refractivity contribution in [2.75, 3.05) is 20.2 Å². The van der Waals surface area contributed by atoms with E-state index in [4.69, 9.17) is 4.74 Å². The van der Waals surface area contributed by atoms with Gasteiger partial charge in [-0.3, -0.25) is 9.48 Å². The summed E-state index contributed by atoms with van der Waals surface area (Å²) in [5.41, 5.74) is 1.11. The van der Waals surface area contributed by atoms with E-state index in [0.29, 0.717) is 24.4 Å². The fourth-order valence-electron chi connectivity index (χ4n) is 1.43. The number of hydrogen-bond acceptors (Lipinski definition) is 5. The lowest BCUT2D eigenvalue weighted by molar-refractivity contribution is -0.119. The molecule has 0 atom stereocenters. The van der Waals surface area contributed by atoms with Crippen molar-refractivity contribution < 1.29 is 14.3 Å². The average molecular weight is 254 g/mol. The maximum atomic E-state index is 11.6. The lowest BCUT2D eigenvalue weighted by Gasteiger charge is -2.07.